The number of carbonyl (C=O) groups excluding carboxylic acids is 1. The van der Waals surface area contributed by atoms with Gasteiger partial charge >= 0.3 is 0 Å². The van der Waals surface area contributed by atoms with E-state index in [0.29, 0.717) is 6.54 Å². The minimum absolute atomic E-state index is 0.0762. The maximum absolute atomic E-state index is 11.4. The highest BCUT2D eigenvalue weighted by molar-refractivity contribution is 9.10. The van der Waals surface area contributed by atoms with Crippen LogP contribution in [0.4, 0.5) is 4.79 Å². The van der Waals surface area contributed by atoms with Gasteiger partial charge in [-0.2, -0.15) is 0 Å². The standard InChI is InChI=1S/C12H12BrNOS/c1-2-3-4-9-14-12(15)16-11-7-5-10(13)6-8-11/h5-8H,2,9H2,1H3,(H,14,15). The highest BCUT2D eigenvalue weighted by Crippen LogP contribution is 2.20. The second kappa shape index (κ2) is 7.37. The molecule has 0 aliphatic carbocycles. The number of hydrogen-bond acceptors (Lipinski definition) is 2. The summed E-state index contributed by atoms with van der Waals surface area (Å²) in [4.78, 5) is 12.4. The first-order chi connectivity index (χ1) is 7.72. The molecule has 1 aromatic carbocycles. The summed E-state index contributed by atoms with van der Waals surface area (Å²) in [5.41, 5.74) is 0. The largest absolute Gasteiger partial charge is 0.336 e. The van der Waals surface area contributed by atoms with E-state index in [-0.39, 0.29) is 5.24 Å². The van der Waals surface area contributed by atoms with Gasteiger partial charge in [-0.15, -0.1) is 5.92 Å². The van der Waals surface area contributed by atoms with Gasteiger partial charge in [0.05, 0.1) is 6.54 Å². The van der Waals surface area contributed by atoms with Crippen LogP contribution < -0.4 is 5.32 Å². The van der Waals surface area contributed by atoms with Crippen LogP contribution in [0.25, 0.3) is 0 Å². The summed E-state index contributed by atoms with van der Waals surface area (Å²) in [6.07, 6.45) is 0.815. The van der Waals surface area contributed by atoms with Gasteiger partial charge < -0.3 is 5.32 Å². The van der Waals surface area contributed by atoms with Crippen LogP contribution >= 0.6 is 27.7 Å². The van der Waals surface area contributed by atoms with Gasteiger partial charge in [0, 0.05) is 15.8 Å². The topological polar surface area (TPSA) is 29.1 Å². The number of benzene rings is 1. The normalized spacial score (nSPS) is 9.12. The molecule has 0 aromatic heterocycles. The number of halogens is 1. The van der Waals surface area contributed by atoms with E-state index in [1.54, 1.807) is 0 Å². The fourth-order valence-electron chi connectivity index (χ4n) is 0.950. The summed E-state index contributed by atoms with van der Waals surface area (Å²) in [6.45, 7) is 2.39. The summed E-state index contributed by atoms with van der Waals surface area (Å²) in [6, 6.07) is 7.61. The van der Waals surface area contributed by atoms with Crippen molar-refractivity contribution >= 4 is 32.9 Å². The number of amides is 1. The third-order valence-electron chi connectivity index (χ3n) is 1.65. The Morgan fingerprint density at radius 2 is 2.06 bits per heavy atom. The summed E-state index contributed by atoms with van der Waals surface area (Å²) in [5.74, 6) is 5.75. The molecule has 0 saturated carbocycles. The summed E-state index contributed by atoms with van der Waals surface area (Å²) < 4.78 is 1.01. The van der Waals surface area contributed by atoms with E-state index >= 15 is 0 Å². The molecule has 0 fully saturated rings. The molecule has 0 bridgehead atoms. The Morgan fingerprint density at radius 3 is 2.69 bits per heavy atom. The van der Waals surface area contributed by atoms with Gasteiger partial charge in [0.2, 0.25) is 0 Å². The van der Waals surface area contributed by atoms with Crippen LogP contribution in [0, 0.1) is 11.8 Å². The Bertz CT molecular complexity index is 405. The van der Waals surface area contributed by atoms with Crippen molar-refractivity contribution in [1.29, 1.82) is 0 Å². The van der Waals surface area contributed by atoms with E-state index < -0.39 is 0 Å². The predicted molar refractivity (Wildman–Crippen MR) is 71.5 cm³/mol. The molecule has 0 spiro atoms. The zero-order valence-electron chi connectivity index (χ0n) is 8.92. The van der Waals surface area contributed by atoms with E-state index in [4.69, 9.17) is 0 Å². The average Bonchev–Trinajstić information content (AvgIpc) is 2.28. The Hall–Kier alpha value is -0.920. The molecule has 0 aliphatic heterocycles. The number of hydrogen-bond donors (Lipinski definition) is 1. The summed E-state index contributed by atoms with van der Waals surface area (Å²) in [7, 11) is 0. The molecule has 0 radical (unpaired) electrons. The van der Waals surface area contributed by atoms with Crippen molar-refractivity contribution in [2.75, 3.05) is 6.54 Å². The maximum Gasteiger partial charge on any atom is 0.284 e. The van der Waals surface area contributed by atoms with E-state index in [1.165, 1.54) is 11.8 Å². The smallest absolute Gasteiger partial charge is 0.284 e. The first-order valence-corrected chi connectivity index (χ1v) is 6.50. The van der Waals surface area contributed by atoms with Crippen molar-refractivity contribution in [1.82, 2.24) is 5.32 Å². The third kappa shape index (κ3) is 5.24. The highest BCUT2D eigenvalue weighted by Gasteiger charge is 2.02. The lowest BCUT2D eigenvalue weighted by Crippen LogP contribution is -2.18. The molecule has 0 aliphatic rings. The molecular formula is C12H12BrNOS. The molecule has 2 nitrogen and oxygen atoms in total. The molecule has 16 heavy (non-hydrogen) atoms. The minimum Gasteiger partial charge on any atom is -0.336 e. The molecular weight excluding hydrogens is 286 g/mol. The Balaban J connectivity index is 2.37. The van der Waals surface area contributed by atoms with Gasteiger partial charge in [0.1, 0.15) is 0 Å². The number of carbonyl (C=O) groups is 1. The van der Waals surface area contributed by atoms with Crippen molar-refractivity contribution in [3.63, 3.8) is 0 Å². The van der Waals surface area contributed by atoms with Gasteiger partial charge in [-0.05, 0) is 36.0 Å². The molecule has 1 aromatic rings. The monoisotopic (exact) mass is 297 g/mol. The first-order valence-electron chi connectivity index (χ1n) is 4.89. The van der Waals surface area contributed by atoms with E-state index in [9.17, 15) is 4.79 Å². The number of thioether (sulfide) groups is 1. The average molecular weight is 298 g/mol. The lowest BCUT2D eigenvalue weighted by atomic mass is 10.4. The van der Waals surface area contributed by atoms with Crippen LogP contribution in [0.1, 0.15) is 13.3 Å². The zero-order valence-corrected chi connectivity index (χ0v) is 11.3. The molecule has 1 amide bonds. The van der Waals surface area contributed by atoms with Crippen molar-refractivity contribution in [3.8, 4) is 11.8 Å². The maximum atomic E-state index is 11.4. The van der Waals surface area contributed by atoms with Crippen LogP contribution in [0.2, 0.25) is 0 Å². The second-order valence-electron chi connectivity index (χ2n) is 2.90. The molecule has 1 N–H and O–H groups in total. The highest BCUT2D eigenvalue weighted by atomic mass is 79.9. The lowest BCUT2D eigenvalue weighted by Gasteiger charge is -2.00. The molecule has 1 rings (SSSR count). The van der Waals surface area contributed by atoms with Gasteiger partial charge in [-0.25, -0.2) is 0 Å². The third-order valence-corrected chi connectivity index (χ3v) is 3.01. The van der Waals surface area contributed by atoms with Crippen LogP contribution in [0.5, 0.6) is 0 Å². The van der Waals surface area contributed by atoms with Crippen molar-refractivity contribution in [2.24, 2.45) is 0 Å². The van der Waals surface area contributed by atoms with Crippen molar-refractivity contribution < 1.29 is 4.79 Å². The van der Waals surface area contributed by atoms with E-state index in [0.717, 1.165) is 15.8 Å². The molecule has 0 heterocycles. The van der Waals surface area contributed by atoms with Crippen LogP contribution in [-0.2, 0) is 0 Å². The molecule has 0 atom stereocenters. The Morgan fingerprint density at radius 1 is 1.38 bits per heavy atom. The Labute approximate surface area is 108 Å². The van der Waals surface area contributed by atoms with Gasteiger partial charge in [-0.1, -0.05) is 28.8 Å². The van der Waals surface area contributed by atoms with Gasteiger partial charge in [0.15, 0.2) is 0 Å². The zero-order chi connectivity index (χ0) is 11.8. The van der Waals surface area contributed by atoms with E-state index in [2.05, 4.69) is 33.1 Å². The fourth-order valence-corrected chi connectivity index (χ4v) is 1.84. The second-order valence-corrected chi connectivity index (χ2v) is 4.87. The first kappa shape index (κ1) is 13.1. The number of rotatable bonds is 2. The lowest BCUT2D eigenvalue weighted by molar-refractivity contribution is 0.261. The van der Waals surface area contributed by atoms with Crippen molar-refractivity contribution in [3.05, 3.63) is 28.7 Å². The van der Waals surface area contributed by atoms with E-state index in [1.807, 2.05) is 31.2 Å². The Kier molecular flexibility index (Phi) is 6.05. The molecule has 0 unspecified atom stereocenters. The number of nitrogens with one attached hydrogen (secondary N) is 1. The van der Waals surface area contributed by atoms with Gasteiger partial charge in [-0.3, -0.25) is 4.79 Å². The van der Waals surface area contributed by atoms with Crippen LogP contribution in [-0.4, -0.2) is 11.8 Å². The fraction of sp³-hybridized carbons (Fsp3) is 0.250. The quantitative estimate of drug-likeness (QED) is 0.667. The summed E-state index contributed by atoms with van der Waals surface area (Å²) in [5, 5.41) is 2.64. The molecule has 4 heteroatoms. The minimum atomic E-state index is -0.0762. The van der Waals surface area contributed by atoms with Crippen molar-refractivity contribution in [2.45, 2.75) is 18.2 Å². The van der Waals surface area contributed by atoms with Crippen LogP contribution in [0.3, 0.4) is 0 Å². The molecule has 0 saturated heterocycles. The van der Waals surface area contributed by atoms with Gasteiger partial charge in [0.25, 0.3) is 5.24 Å². The predicted octanol–water partition coefficient (Wildman–Crippen LogP) is 3.66. The molecule has 84 valence electrons. The van der Waals surface area contributed by atoms with Crippen LogP contribution in [0.15, 0.2) is 33.6 Å². The SMILES string of the molecule is CCC#CCNC(=O)Sc1ccc(Br)cc1. The summed E-state index contributed by atoms with van der Waals surface area (Å²) >= 11 is 4.51.